The first-order chi connectivity index (χ1) is 9.25. The molecule has 0 radical (unpaired) electrons. The Morgan fingerprint density at radius 2 is 2.15 bits per heavy atom. The molecule has 1 aliphatic heterocycles. The summed E-state index contributed by atoms with van der Waals surface area (Å²) in [6, 6.07) is 10.4. The molecule has 1 atom stereocenters. The molecule has 2 N–H and O–H groups in total. The summed E-state index contributed by atoms with van der Waals surface area (Å²) in [4.78, 5) is 14.0. The fraction of sp³-hybridized carbons (Fsp3) is 0.533. The Bertz CT molecular complexity index is 393. The summed E-state index contributed by atoms with van der Waals surface area (Å²) in [5.41, 5.74) is 1.30. The third-order valence-corrected chi connectivity index (χ3v) is 3.46. The fourth-order valence-electron chi connectivity index (χ4n) is 2.38. The minimum Gasteiger partial charge on any atom is -0.353 e. The monoisotopic (exact) mass is 297 g/mol. The van der Waals surface area contributed by atoms with Gasteiger partial charge >= 0.3 is 0 Å². The number of halogens is 1. The number of carbonyl (C=O) groups is 1. The van der Waals surface area contributed by atoms with Crippen molar-refractivity contribution in [1.82, 2.24) is 15.5 Å². The maximum Gasteiger partial charge on any atom is 0.237 e. The molecule has 1 heterocycles. The van der Waals surface area contributed by atoms with E-state index in [9.17, 15) is 4.79 Å². The summed E-state index contributed by atoms with van der Waals surface area (Å²) in [7, 11) is 2.08. The third-order valence-electron chi connectivity index (χ3n) is 3.46. The predicted octanol–water partition coefficient (Wildman–Crippen LogP) is 1.41. The molecular weight excluding hydrogens is 274 g/mol. The van der Waals surface area contributed by atoms with Crippen LogP contribution >= 0.6 is 12.4 Å². The molecule has 1 aromatic carbocycles. The van der Waals surface area contributed by atoms with E-state index in [1.54, 1.807) is 0 Å². The molecule has 1 fully saturated rings. The lowest BCUT2D eigenvalue weighted by molar-refractivity contribution is -0.122. The Labute approximate surface area is 127 Å². The molecule has 1 amide bonds. The lowest BCUT2D eigenvalue weighted by Crippen LogP contribution is -2.42. The van der Waals surface area contributed by atoms with Gasteiger partial charge in [0.1, 0.15) is 0 Å². The standard InChI is InChI=1S/C15H23N3O.ClH/c1-18(12-13-6-3-2-4-7-13)11-10-17-15(19)14-8-5-9-16-14;/h2-4,6-7,14,16H,5,8-12H2,1H3,(H,17,19);1H. The highest BCUT2D eigenvalue weighted by atomic mass is 35.5. The molecule has 1 aliphatic rings. The number of nitrogens with zero attached hydrogens (tertiary/aromatic N) is 1. The van der Waals surface area contributed by atoms with Crippen LogP contribution in [0.5, 0.6) is 0 Å². The minimum atomic E-state index is 0. The predicted molar refractivity (Wildman–Crippen MR) is 84.1 cm³/mol. The fourth-order valence-corrected chi connectivity index (χ4v) is 2.38. The molecule has 1 unspecified atom stereocenters. The first-order valence-corrected chi connectivity index (χ1v) is 6.99. The van der Waals surface area contributed by atoms with E-state index in [0.29, 0.717) is 6.54 Å². The summed E-state index contributed by atoms with van der Waals surface area (Å²) in [6.07, 6.45) is 2.07. The van der Waals surface area contributed by atoms with Crippen molar-refractivity contribution in [2.24, 2.45) is 0 Å². The second-order valence-corrected chi connectivity index (χ2v) is 5.16. The number of likely N-dealkylation sites (N-methyl/N-ethyl adjacent to an activating group) is 1. The largest absolute Gasteiger partial charge is 0.353 e. The van der Waals surface area contributed by atoms with E-state index < -0.39 is 0 Å². The van der Waals surface area contributed by atoms with Gasteiger partial charge in [-0.05, 0) is 32.0 Å². The minimum absolute atomic E-state index is 0. The Morgan fingerprint density at radius 3 is 2.80 bits per heavy atom. The zero-order valence-corrected chi connectivity index (χ0v) is 12.8. The number of benzene rings is 1. The molecule has 0 aliphatic carbocycles. The van der Waals surface area contributed by atoms with Crippen LogP contribution in [0.15, 0.2) is 30.3 Å². The maximum atomic E-state index is 11.8. The summed E-state index contributed by atoms with van der Waals surface area (Å²) in [6.45, 7) is 3.46. The first-order valence-electron chi connectivity index (χ1n) is 6.99. The number of rotatable bonds is 6. The van der Waals surface area contributed by atoms with Crippen molar-refractivity contribution in [1.29, 1.82) is 0 Å². The number of hydrogen-bond acceptors (Lipinski definition) is 3. The highest BCUT2D eigenvalue weighted by molar-refractivity contribution is 5.85. The van der Waals surface area contributed by atoms with Crippen molar-refractivity contribution in [2.45, 2.75) is 25.4 Å². The average molecular weight is 298 g/mol. The van der Waals surface area contributed by atoms with Gasteiger partial charge in [-0.1, -0.05) is 30.3 Å². The topological polar surface area (TPSA) is 44.4 Å². The van der Waals surface area contributed by atoms with Crippen LogP contribution in [-0.4, -0.2) is 43.5 Å². The van der Waals surface area contributed by atoms with Crippen LogP contribution < -0.4 is 10.6 Å². The Morgan fingerprint density at radius 1 is 1.40 bits per heavy atom. The number of nitrogens with one attached hydrogen (secondary N) is 2. The van der Waals surface area contributed by atoms with Gasteiger partial charge in [0.15, 0.2) is 0 Å². The smallest absolute Gasteiger partial charge is 0.237 e. The van der Waals surface area contributed by atoms with E-state index in [2.05, 4.69) is 46.8 Å². The Balaban J connectivity index is 0.00000200. The number of carbonyl (C=O) groups excluding carboxylic acids is 1. The van der Waals surface area contributed by atoms with Gasteiger partial charge in [0.05, 0.1) is 6.04 Å². The molecule has 20 heavy (non-hydrogen) atoms. The lowest BCUT2D eigenvalue weighted by atomic mass is 10.2. The van der Waals surface area contributed by atoms with E-state index in [1.165, 1.54) is 5.56 Å². The van der Waals surface area contributed by atoms with Crippen LogP contribution in [0, 0.1) is 0 Å². The van der Waals surface area contributed by atoms with Crippen molar-refractivity contribution < 1.29 is 4.79 Å². The highest BCUT2D eigenvalue weighted by Gasteiger charge is 2.21. The van der Waals surface area contributed by atoms with Crippen LogP contribution in [0.4, 0.5) is 0 Å². The molecule has 112 valence electrons. The van der Waals surface area contributed by atoms with Crippen molar-refractivity contribution in [3.63, 3.8) is 0 Å². The number of amides is 1. The van der Waals surface area contributed by atoms with Crippen LogP contribution in [0.25, 0.3) is 0 Å². The van der Waals surface area contributed by atoms with Gasteiger partial charge in [-0.2, -0.15) is 0 Å². The normalized spacial score (nSPS) is 17.8. The summed E-state index contributed by atoms with van der Waals surface area (Å²) in [5.74, 6) is 0.144. The molecule has 4 nitrogen and oxygen atoms in total. The van der Waals surface area contributed by atoms with Crippen molar-refractivity contribution in [3.8, 4) is 0 Å². The van der Waals surface area contributed by atoms with Gasteiger partial charge in [0, 0.05) is 19.6 Å². The second-order valence-electron chi connectivity index (χ2n) is 5.16. The Kier molecular flexibility index (Phi) is 7.59. The second kappa shape index (κ2) is 8.95. The van der Waals surface area contributed by atoms with Crippen molar-refractivity contribution in [3.05, 3.63) is 35.9 Å². The first kappa shape index (κ1) is 17.0. The molecule has 0 bridgehead atoms. The van der Waals surface area contributed by atoms with E-state index in [1.807, 2.05) is 6.07 Å². The van der Waals surface area contributed by atoms with Gasteiger partial charge in [0.25, 0.3) is 0 Å². The maximum absolute atomic E-state index is 11.8. The highest BCUT2D eigenvalue weighted by Crippen LogP contribution is 2.04. The summed E-state index contributed by atoms with van der Waals surface area (Å²) >= 11 is 0. The zero-order chi connectivity index (χ0) is 13.5. The van der Waals surface area contributed by atoms with Crippen LogP contribution in [0.3, 0.4) is 0 Å². The van der Waals surface area contributed by atoms with E-state index in [-0.39, 0.29) is 24.4 Å². The number of hydrogen-bond donors (Lipinski definition) is 2. The molecule has 0 aromatic heterocycles. The molecular formula is C15H24ClN3O. The molecule has 1 aromatic rings. The van der Waals surface area contributed by atoms with E-state index >= 15 is 0 Å². The zero-order valence-electron chi connectivity index (χ0n) is 12.0. The lowest BCUT2D eigenvalue weighted by Gasteiger charge is -2.18. The Hall–Kier alpha value is -1.10. The third kappa shape index (κ3) is 5.49. The van der Waals surface area contributed by atoms with Gasteiger partial charge in [0.2, 0.25) is 5.91 Å². The summed E-state index contributed by atoms with van der Waals surface area (Å²) in [5, 5.41) is 6.21. The quantitative estimate of drug-likeness (QED) is 0.834. The molecule has 5 heteroatoms. The molecule has 0 spiro atoms. The van der Waals surface area contributed by atoms with E-state index in [0.717, 1.165) is 32.5 Å². The molecule has 1 saturated heterocycles. The van der Waals surface area contributed by atoms with E-state index in [4.69, 9.17) is 0 Å². The molecule has 2 rings (SSSR count). The van der Waals surface area contributed by atoms with Gasteiger partial charge < -0.3 is 15.5 Å². The van der Waals surface area contributed by atoms with Crippen LogP contribution in [-0.2, 0) is 11.3 Å². The van der Waals surface area contributed by atoms with Crippen LogP contribution in [0.1, 0.15) is 18.4 Å². The SMILES string of the molecule is CN(CCNC(=O)C1CCCN1)Cc1ccccc1.Cl. The van der Waals surface area contributed by atoms with Crippen molar-refractivity contribution >= 4 is 18.3 Å². The van der Waals surface area contributed by atoms with Gasteiger partial charge in [-0.3, -0.25) is 4.79 Å². The van der Waals surface area contributed by atoms with Crippen molar-refractivity contribution in [2.75, 3.05) is 26.7 Å². The average Bonchev–Trinajstić information content (AvgIpc) is 2.93. The summed E-state index contributed by atoms with van der Waals surface area (Å²) < 4.78 is 0. The van der Waals surface area contributed by atoms with Gasteiger partial charge in [-0.25, -0.2) is 0 Å². The van der Waals surface area contributed by atoms with Gasteiger partial charge in [-0.15, -0.1) is 12.4 Å². The van der Waals surface area contributed by atoms with Crippen LogP contribution in [0.2, 0.25) is 0 Å². The molecule has 0 saturated carbocycles.